The van der Waals surface area contributed by atoms with Gasteiger partial charge in [-0.15, -0.1) is 0 Å². The Morgan fingerprint density at radius 3 is 3.05 bits per heavy atom. The number of carbonyl (C=O) groups excluding carboxylic acids is 1. The molecule has 2 rings (SSSR count). The molecule has 1 amide bonds. The molecule has 6 nitrogen and oxygen atoms in total. The highest BCUT2D eigenvalue weighted by molar-refractivity contribution is 9.10. The Balaban J connectivity index is 2.45. The zero-order valence-corrected chi connectivity index (χ0v) is 12.0. The lowest BCUT2D eigenvalue weighted by atomic mass is 10.1. The minimum absolute atomic E-state index is 0.0881. The van der Waals surface area contributed by atoms with Crippen molar-refractivity contribution in [2.75, 3.05) is 18.0 Å². The molecule has 1 atom stereocenters. The second-order valence-electron chi connectivity index (χ2n) is 4.24. The molecular formula is C12H14BrN3O3. The third-order valence-corrected chi connectivity index (χ3v) is 3.49. The summed E-state index contributed by atoms with van der Waals surface area (Å²) in [4.78, 5) is 29.1. The van der Waals surface area contributed by atoms with Gasteiger partial charge in [0.15, 0.2) is 0 Å². The molecule has 1 unspecified atom stereocenters. The number of halogens is 1. The Kier molecular flexibility index (Phi) is 4.04. The number of carboxylic acids is 1. The number of nitrogens with one attached hydrogen (secondary N) is 1. The maximum Gasteiger partial charge on any atom is 0.339 e. The fourth-order valence-corrected chi connectivity index (χ4v) is 2.52. The zero-order valence-electron chi connectivity index (χ0n) is 10.4. The molecule has 102 valence electrons. The lowest BCUT2D eigenvalue weighted by Crippen LogP contribution is -2.55. The molecule has 2 heterocycles. The number of aromatic nitrogens is 1. The second-order valence-corrected chi connectivity index (χ2v) is 5.15. The van der Waals surface area contributed by atoms with E-state index in [1.54, 1.807) is 11.1 Å². The second kappa shape index (κ2) is 5.56. The lowest BCUT2D eigenvalue weighted by Gasteiger charge is -2.36. The first-order valence-electron chi connectivity index (χ1n) is 5.97. The van der Waals surface area contributed by atoms with E-state index < -0.39 is 5.97 Å². The summed E-state index contributed by atoms with van der Waals surface area (Å²) in [5.74, 6) is -0.795. The molecule has 1 saturated heterocycles. The molecular weight excluding hydrogens is 314 g/mol. The summed E-state index contributed by atoms with van der Waals surface area (Å²) < 4.78 is 0.600. The van der Waals surface area contributed by atoms with Crippen molar-refractivity contribution >= 4 is 33.6 Å². The number of carbonyl (C=O) groups is 2. The van der Waals surface area contributed by atoms with Crippen molar-refractivity contribution < 1.29 is 14.7 Å². The molecule has 1 aromatic rings. The van der Waals surface area contributed by atoms with E-state index in [0.717, 1.165) is 0 Å². The molecule has 0 saturated carbocycles. The van der Waals surface area contributed by atoms with Gasteiger partial charge in [0.05, 0.1) is 0 Å². The van der Waals surface area contributed by atoms with Crippen molar-refractivity contribution in [3.05, 3.63) is 22.3 Å². The third-order valence-electron chi connectivity index (χ3n) is 3.05. The van der Waals surface area contributed by atoms with E-state index in [2.05, 4.69) is 26.2 Å². The smallest absolute Gasteiger partial charge is 0.339 e. The molecule has 2 N–H and O–H groups in total. The number of rotatable bonds is 3. The van der Waals surface area contributed by atoms with Crippen LogP contribution in [-0.2, 0) is 4.79 Å². The SMILES string of the molecule is CCC1C(=O)NCCN1c1ncc(Br)cc1C(=O)O. The highest BCUT2D eigenvalue weighted by Gasteiger charge is 2.31. The minimum Gasteiger partial charge on any atom is -0.478 e. The molecule has 7 heteroatoms. The molecule has 0 radical (unpaired) electrons. The Bertz CT molecular complexity index is 521. The zero-order chi connectivity index (χ0) is 14.0. The Labute approximate surface area is 118 Å². The molecule has 1 aliphatic rings. The summed E-state index contributed by atoms with van der Waals surface area (Å²) >= 11 is 3.21. The van der Waals surface area contributed by atoms with Crippen LogP contribution in [0.5, 0.6) is 0 Å². The first-order valence-corrected chi connectivity index (χ1v) is 6.77. The number of piperazine rings is 1. The van der Waals surface area contributed by atoms with E-state index in [1.165, 1.54) is 6.07 Å². The van der Waals surface area contributed by atoms with Gasteiger partial charge in [-0.25, -0.2) is 9.78 Å². The van der Waals surface area contributed by atoms with Gasteiger partial charge in [0.1, 0.15) is 17.4 Å². The van der Waals surface area contributed by atoms with Crippen molar-refractivity contribution in [3.8, 4) is 0 Å². The van der Waals surface area contributed by atoms with E-state index in [9.17, 15) is 14.7 Å². The van der Waals surface area contributed by atoms with Crippen LogP contribution in [0.2, 0.25) is 0 Å². The van der Waals surface area contributed by atoms with Crippen LogP contribution in [0.4, 0.5) is 5.82 Å². The van der Waals surface area contributed by atoms with Crippen LogP contribution < -0.4 is 10.2 Å². The molecule has 1 aliphatic heterocycles. The summed E-state index contributed by atoms with van der Waals surface area (Å²) in [6.45, 7) is 2.94. The molecule has 19 heavy (non-hydrogen) atoms. The van der Waals surface area contributed by atoms with Gasteiger partial charge in [-0.05, 0) is 28.4 Å². The van der Waals surface area contributed by atoms with E-state index >= 15 is 0 Å². The van der Waals surface area contributed by atoms with Gasteiger partial charge in [0.25, 0.3) is 0 Å². The number of aromatic carboxylic acids is 1. The first kappa shape index (κ1) is 13.8. The van der Waals surface area contributed by atoms with Gasteiger partial charge in [0, 0.05) is 23.8 Å². The van der Waals surface area contributed by atoms with Crippen molar-refractivity contribution in [3.63, 3.8) is 0 Å². The fraction of sp³-hybridized carbons (Fsp3) is 0.417. The van der Waals surface area contributed by atoms with E-state index in [4.69, 9.17) is 0 Å². The number of hydrogen-bond donors (Lipinski definition) is 2. The number of anilines is 1. The van der Waals surface area contributed by atoms with Crippen molar-refractivity contribution in [1.29, 1.82) is 0 Å². The number of carboxylic acid groups (broad SMARTS) is 1. The average molecular weight is 328 g/mol. The maximum atomic E-state index is 11.8. The molecule has 1 fully saturated rings. The summed E-state index contributed by atoms with van der Waals surface area (Å²) in [7, 11) is 0. The molecule has 0 spiro atoms. The largest absolute Gasteiger partial charge is 0.478 e. The highest BCUT2D eigenvalue weighted by Crippen LogP contribution is 2.25. The van der Waals surface area contributed by atoms with Gasteiger partial charge < -0.3 is 15.3 Å². The van der Waals surface area contributed by atoms with Crippen LogP contribution in [0.1, 0.15) is 23.7 Å². The molecule has 1 aromatic heterocycles. The highest BCUT2D eigenvalue weighted by atomic mass is 79.9. The molecule has 0 aliphatic carbocycles. The molecule has 0 bridgehead atoms. The Hall–Kier alpha value is -1.63. The number of pyridine rings is 1. The van der Waals surface area contributed by atoms with Crippen LogP contribution in [0.3, 0.4) is 0 Å². The predicted molar refractivity (Wildman–Crippen MR) is 73.3 cm³/mol. The van der Waals surface area contributed by atoms with Crippen LogP contribution >= 0.6 is 15.9 Å². The Morgan fingerprint density at radius 2 is 2.42 bits per heavy atom. The monoisotopic (exact) mass is 327 g/mol. The number of hydrogen-bond acceptors (Lipinski definition) is 4. The number of nitrogens with zero attached hydrogens (tertiary/aromatic N) is 2. The lowest BCUT2D eigenvalue weighted by molar-refractivity contribution is -0.123. The van der Waals surface area contributed by atoms with Gasteiger partial charge >= 0.3 is 5.97 Å². The van der Waals surface area contributed by atoms with Crippen LogP contribution in [-0.4, -0.2) is 41.1 Å². The van der Waals surface area contributed by atoms with Gasteiger partial charge in [-0.1, -0.05) is 6.92 Å². The summed E-state index contributed by atoms with van der Waals surface area (Å²) in [5, 5.41) is 12.0. The number of amides is 1. The van der Waals surface area contributed by atoms with E-state index in [1.807, 2.05) is 6.92 Å². The van der Waals surface area contributed by atoms with Crippen molar-refractivity contribution in [2.24, 2.45) is 0 Å². The van der Waals surface area contributed by atoms with Crippen molar-refractivity contribution in [1.82, 2.24) is 10.3 Å². The first-order chi connectivity index (χ1) is 9.04. The fourth-order valence-electron chi connectivity index (χ4n) is 2.19. The summed E-state index contributed by atoms with van der Waals surface area (Å²) in [5.41, 5.74) is 0.0996. The standard InChI is InChI=1S/C12H14BrN3O3/c1-2-9-11(17)14-3-4-16(9)10-8(12(18)19)5-7(13)6-15-10/h5-6,9H,2-4H2,1H3,(H,14,17)(H,18,19). The minimum atomic E-state index is -1.05. The van der Waals surface area contributed by atoms with E-state index in [-0.39, 0.29) is 17.5 Å². The van der Waals surface area contributed by atoms with Gasteiger partial charge in [-0.2, -0.15) is 0 Å². The van der Waals surface area contributed by atoms with Crippen molar-refractivity contribution in [2.45, 2.75) is 19.4 Å². The quantitative estimate of drug-likeness (QED) is 0.873. The van der Waals surface area contributed by atoms with Gasteiger partial charge in [-0.3, -0.25) is 4.79 Å². The summed E-state index contributed by atoms with van der Waals surface area (Å²) in [6.07, 6.45) is 2.14. The Morgan fingerprint density at radius 1 is 1.68 bits per heavy atom. The van der Waals surface area contributed by atoms with E-state index in [0.29, 0.717) is 29.8 Å². The average Bonchev–Trinajstić information content (AvgIpc) is 2.38. The predicted octanol–water partition coefficient (Wildman–Crippen LogP) is 1.26. The van der Waals surface area contributed by atoms with Crippen LogP contribution in [0.25, 0.3) is 0 Å². The molecule has 0 aromatic carbocycles. The third kappa shape index (κ3) is 2.70. The summed E-state index contributed by atoms with van der Waals surface area (Å²) in [6, 6.07) is 1.13. The normalized spacial score (nSPS) is 19.2. The maximum absolute atomic E-state index is 11.8. The van der Waals surface area contributed by atoms with Crippen LogP contribution in [0, 0.1) is 0 Å². The van der Waals surface area contributed by atoms with Gasteiger partial charge in [0.2, 0.25) is 5.91 Å². The topological polar surface area (TPSA) is 82.5 Å². The van der Waals surface area contributed by atoms with Crippen LogP contribution in [0.15, 0.2) is 16.7 Å².